The molecule has 2 aromatic carbocycles. The molecule has 3 amide bonds. The van der Waals surface area contributed by atoms with Gasteiger partial charge in [0.1, 0.15) is 10.8 Å². The Bertz CT molecular complexity index is 1150. The van der Waals surface area contributed by atoms with E-state index in [4.69, 9.17) is 26.8 Å². The molecule has 1 aliphatic carbocycles. The number of aromatic nitrogens is 1. The largest absolute Gasteiger partial charge is 0.496 e. The van der Waals surface area contributed by atoms with Gasteiger partial charge in [0, 0.05) is 23.7 Å². The Morgan fingerprint density at radius 3 is 2.67 bits per heavy atom. The van der Waals surface area contributed by atoms with Crippen LogP contribution in [0.3, 0.4) is 0 Å². The highest BCUT2D eigenvalue weighted by Gasteiger charge is 2.24. The van der Waals surface area contributed by atoms with Crippen LogP contribution in [0.5, 0.6) is 17.2 Å². The summed E-state index contributed by atoms with van der Waals surface area (Å²) in [5.74, 6) is 0.311. The number of nitrogens with one attached hydrogen (secondary N) is 2. The van der Waals surface area contributed by atoms with Crippen LogP contribution in [-0.2, 0) is 0 Å². The van der Waals surface area contributed by atoms with Crippen LogP contribution in [0.1, 0.15) is 23.2 Å². The molecule has 0 saturated heterocycles. The van der Waals surface area contributed by atoms with E-state index in [1.807, 2.05) is 0 Å². The van der Waals surface area contributed by atoms with Crippen molar-refractivity contribution in [1.82, 2.24) is 10.3 Å². The van der Waals surface area contributed by atoms with Crippen molar-refractivity contribution in [3.05, 3.63) is 53.2 Å². The van der Waals surface area contributed by atoms with E-state index in [1.54, 1.807) is 30.3 Å². The smallest absolute Gasteiger partial charge is 0.319 e. The van der Waals surface area contributed by atoms with E-state index < -0.39 is 5.91 Å². The van der Waals surface area contributed by atoms with Gasteiger partial charge in [-0.05, 0) is 31.0 Å². The summed E-state index contributed by atoms with van der Waals surface area (Å²) in [6.07, 6.45) is 3.41. The van der Waals surface area contributed by atoms with E-state index in [1.165, 1.54) is 19.4 Å². The summed E-state index contributed by atoms with van der Waals surface area (Å²) in [5, 5.41) is 6.37. The van der Waals surface area contributed by atoms with Crippen molar-refractivity contribution in [3.8, 4) is 17.2 Å². The molecule has 8 nitrogen and oxygen atoms in total. The Labute approximate surface area is 177 Å². The van der Waals surface area contributed by atoms with Gasteiger partial charge in [-0.1, -0.05) is 23.7 Å². The molecular formula is C21H19ClN4O4. The average Bonchev–Trinajstić information content (AvgIpc) is 3.54. The number of fused-ring (bicyclic) bond motifs is 1. The molecule has 0 radical (unpaired) electrons. The van der Waals surface area contributed by atoms with Crippen LogP contribution in [0, 0.1) is 0 Å². The van der Waals surface area contributed by atoms with Gasteiger partial charge in [0.15, 0.2) is 11.5 Å². The van der Waals surface area contributed by atoms with Gasteiger partial charge >= 0.3 is 6.03 Å². The number of benzene rings is 2. The van der Waals surface area contributed by atoms with E-state index in [-0.39, 0.29) is 28.4 Å². The molecule has 0 aliphatic heterocycles. The number of pyridine rings is 1. The molecule has 154 valence electrons. The predicted molar refractivity (Wildman–Crippen MR) is 114 cm³/mol. The molecule has 0 atom stereocenters. The van der Waals surface area contributed by atoms with Crippen molar-refractivity contribution in [1.29, 1.82) is 0 Å². The zero-order valence-electron chi connectivity index (χ0n) is 16.1. The van der Waals surface area contributed by atoms with Gasteiger partial charge in [0.2, 0.25) is 0 Å². The minimum Gasteiger partial charge on any atom is -0.496 e. The molecule has 1 aromatic heterocycles. The minimum atomic E-state index is -0.654. The number of urea groups is 1. The SMILES string of the molecule is COc1cc2ncc(Cl)c(Oc3ccccc3NC(=O)NC3CC3)c2cc1C(N)=O. The number of rotatable bonds is 6. The molecular weight excluding hydrogens is 408 g/mol. The number of nitrogens with zero attached hydrogens (tertiary/aromatic N) is 1. The highest BCUT2D eigenvalue weighted by Crippen LogP contribution is 2.40. The van der Waals surface area contributed by atoms with E-state index >= 15 is 0 Å². The van der Waals surface area contributed by atoms with Gasteiger partial charge in [0.25, 0.3) is 5.91 Å². The van der Waals surface area contributed by atoms with Crippen LogP contribution >= 0.6 is 11.6 Å². The topological polar surface area (TPSA) is 116 Å². The van der Waals surface area contributed by atoms with Gasteiger partial charge in [-0.25, -0.2) is 4.79 Å². The summed E-state index contributed by atoms with van der Waals surface area (Å²) in [5.41, 5.74) is 6.63. The highest BCUT2D eigenvalue weighted by molar-refractivity contribution is 6.33. The lowest BCUT2D eigenvalue weighted by Gasteiger charge is -2.16. The van der Waals surface area contributed by atoms with E-state index in [0.29, 0.717) is 28.1 Å². The third kappa shape index (κ3) is 4.08. The molecule has 4 rings (SSSR count). The van der Waals surface area contributed by atoms with Crippen molar-refractivity contribution >= 4 is 40.1 Å². The number of carbonyl (C=O) groups excluding carboxylic acids is 2. The maximum Gasteiger partial charge on any atom is 0.319 e. The molecule has 0 bridgehead atoms. The van der Waals surface area contributed by atoms with Gasteiger partial charge in [-0.15, -0.1) is 0 Å². The molecule has 0 spiro atoms. The van der Waals surface area contributed by atoms with Gasteiger partial charge in [0.05, 0.1) is 23.9 Å². The summed E-state index contributed by atoms with van der Waals surface area (Å²) in [6, 6.07) is 10.0. The summed E-state index contributed by atoms with van der Waals surface area (Å²) in [4.78, 5) is 28.3. The van der Waals surface area contributed by atoms with Crippen LogP contribution in [0.4, 0.5) is 10.5 Å². The molecule has 1 saturated carbocycles. The molecule has 4 N–H and O–H groups in total. The Balaban J connectivity index is 1.73. The van der Waals surface area contributed by atoms with E-state index in [9.17, 15) is 9.59 Å². The van der Waals surface area contributed by atoms with Gasteiger partial charge in [-0.3, -0.25) is 9.78 Å². The lowest BCUT2D eigenvalue weighted by atomic mass is 10.1. The fourth-order valence-electron chi connectivity index (χ4n) is 2.98. The summed E-state index contributed by atoms with van der Waals surface area (Å²) >= 11 is 6.36. The Hall–Kier alpha value is -3.52. The number of hydrogen-bond donors (Lipinski definition) is 3. The van der Waals surface area contributed by atoms with Crippen molar-refractivity contribution < 1.29 is 19.1 Å². The number of hydrogen-bond acceptors (Lipinski definition) is 5. The number of primary amides is 1. The summed E-state index contributed by atoms with van der Waals surface area (Å²) in [6.45, 7) is 0. The van der Waals surface area contributed by atoms with E-state index in [0.717, 1.165) is 12.8 Å². The van der Waals surface area contributed by atoms with Crippen LogP contribution in [-0.4, -0.2) is 30.1 Å². The Morgan fingerprint density at radius 2 is 1.97 bits per heavy atom. The predicted octanol–water partition coefficient (Wildman–Crippen LogP) is 4.07. The standard InChI is InChI=1S/C21H19ClN4O4/c1-29-18-9-16-12(8-13(18)20(23)27)19(14(22)10-24-16)30-17-5-3-2-4-15(17)26-21(28)25-11-6-7-11/h2-5,8-11H,6-7H2,1H3,(H2,23,27)(H2,25,26,28). The number of halogens is 1. The summed E-state index contributed by atoms with van der Waals surface area (Å²) in [7, 11) is 1.44. The Morgan fingerprint density at radius 1 is 1.20 bits per heavy atom. The van der Waals surface area contributed by atoms with Crippen molar-refractivity contribution in [3.63, 3.8) is 0 Å². The highest BCUT2D eigenvalue weighted by atomic mass is 35.5. The first-order valence-electron chi connectivity index (χ1n) is 9.26. The van der Waals surface area contributed by atoms with Crippen LogP contribution < -0.4 is 25.8 Å². The number of amides is 3. The monoisotopic (exact) mass is 426 g/mol. The molecule has 3 aromatic rings. The van der Waals surface area contributed by atoms with Crippen molar-refractivity contribution in [2.45, 2.75) is 18.9 Å². The molecule has 0 unspecified atom stereocenters. The van der Waals surface area contributed by atoms with Gasteiger partial charge < -0.3 is 25.8 Å². The number of anilines is 1. The second-order valence-electron chi connectivity index (χ2n) is 6.84. The maximum absolute atomic E-state index is 12.2. The zero-order chi connectivity index (χ0) is 21.3. The lowest BCUT2D eigenvalue weighted by Crippen LogP contribution is -2.30. The number of ether oxygens (including phenoxy) is 2. The van der Waals surface area contributed by atoms with E-state index in [2.05, 4.69) is 15.6 Å². The minimum absolute atomic E-state index is 0.175. The first-order chi connectivity index (χ1) is 14.5. The molecule has 30 heavy (non-hydrogen) atoms. The molecule has 1 heterocycles. The third-order valence-electron chi connectivity index (χ3n) is 4.62. The number of para-hydroxylation sites is 2. The fraction of sp³-hybridized carbons (Fsp3) is 0.190. The second-order valence-corrected chi connectivity index (χ2v) is 7.25. The third-order valence-corrected chi connectivity index (χ3v) is 4.89. The summed E-state index contributed by atoms with van der Waals surface area (Å²) < 4.78 is 11.3. The normalized spacial score (nSPS) is 13.0. The lowest BCUT2D eigenvalue weighted by molar-refractivity contribution is 0.0997. The zero-order valence-corrected chi connectivity index (χ0v) is 16.8. The van der Waals surface area contributed by atoms with Gasteiger partial charge in [-0.2, -0.15) is 0 Å². The molecule has 1 aliphatic rings. The quantitative estimate of drug-likeness (QED) is 0.549. The van der Waals surface area contributed by atoms with Crippen LogP contribution in [0.25, 0.3) is 10.9 Å². The van der Waals surface area contributed by atoms with Crippen LogP contribution in [0.2, 0.25) is 5.02 Å². The molecule has 9 heteroatoms. The fourth-order valence-corrected chi connectivity index (χ4v) is 3.17. The average molecular weight is 427 g/mol. The number of nitrogens with two attached hydrogens (primary N) is 1. The molecule has 1 fully saturated rings. The van der Waals surface area contributed by atoms with Crippen LogP contribution in [0.15, 0.2) is 42.6 Å². The first-order valence-corrected chi connectivity index (χ1v) is 9.64. The van der Waals surface area contributed by atoms with Crippen molar-refractivity contribution in [2.75, 3.05) is 12.4 Å². The first kappa shape index (κ1) is 19.8. The second kappa shape index (κ2) is 8.08. The maximum atomic E-state index is 12.2. The van der Waals surface area contributed by atoms with Crippen molar-refractivity contribution in [2.24, 2.45) is 5.73 Å². The number of carbonyl (C=O) groups is 2. The Kier molecular flexibility index (Phi) is 5.33. The number of methoxy groups -OCH3 is 1.